The van der Waals surface area contributed by atoms with Gasteiger partial charge in [0.05, 0.1) is 25.3 Å². The zero-order chi connectivity index (χ0) is 14.4. The number of hydrogen-bond acceptors (Lipinski definition) is 4. The van der Waals surface area contributed by atoms with Crippen molar-refractivity contribution in [1.82, 2.24) is 9.88 Å². The highest BCUT2D eigenvalue weighted by Gasteiger charge is 2.18. The van der Waals surface area contributed by atoms with Crippen LogP contribution in [0.5, 0.6) is 0 Å². The Morgan fingerprint density at radius 1 is 1.40 bits per heavy atom. The first kappa shape index (κ1) is 13.7. The first-order chi connectivity index (χ1) is 9.70. The average molecular weight is 273 g/mol. The van der Waals surface area contributed by atoms with Crippen molar-refractivity contribution in [1.29, 1.82) is 5.26 Å². The second-order valence-electron chi connectivity index (χ2n) is 4.06. The molecule has 102 valence electrons. The van der Waals surface area contributed by atoms with E-state index in [0.29, 0.717) is 5.76 Å². The van der Waals surface area contributed by atoms with Crippen molar-refractivity contribution >= 4 is 5.91 Å². The number of rotatable bonds is 5. The van der Waals surface area contributed by atoms with E-state index in [1.807, 2.05) is 6.07 Å². The van der Waals surface area contributed by atoms with E-state index in [1.54, 1.807) is 12.1 Å². The molecule has 0 atom stereocenters. The SMILES string of the molecule is N#CCCN(Cc1ccco1)C(=O)c1cccc(F)n1. The number of aromatic nitrogens is 1. The molecule has 0 radical (unpaired) electrons. The van der Waals surface area contributed by atoms with Gasteiger partial charge in [0, 0.05) is 6.54 Å². The smallest absolute Gasteiger partial charge is 0.273 e. The normalized spacial score (nSPS) is 10.0. The molecular formula is C14H12FN3O2. The van der Waals surface area contributed by atoms with Gasteiger partial charge in [0.15, 0.2) is 0 Å². The van der Waals surface area contributed by atoms with Crippen molar-refractivity contribution in [3.63, 3.8) is 0 Å². The summed E-state index contributed by atoms with van der Waals surface area (Å²) in [6.07, 6.45) is 1.69. The molecule has 0 saturated heterocycles. The minimum Gasteiger partial charge on any atom is -0.467 e. The Hall–Kier alpha value is -2.68. The Balaban J connectivity index is 2.17. The molecule has 0 bridgehead atoms. The third-order valence-electron chi connectivity index (χ3n) is 2.64. The first-order valence-corrected chi connectivity index (χ1v) is 6.02. The highest BCUT2D eigenvalue weighted by atomic mass is 19.1. The summed E-state index contributed by atoms with van der Waals surface area (Å²) in [6.45, 7) is 0.444. The summed E-state index contributed by atoms with van der Waals surface area (Å²) in [7, 11) is 0. The molecule has 0 aliphatic carbocycles. The van der Waals surface area contributed by atoms with Crippen molar-refractivity contribution < 1.29 is 13.6 Å². The number of pyridine rings is 1. The van der Waals surface area contributed by atoms with Crippen LogP contribution < -0.4 is 0 Å². The van der Waals surface area contributed by atoms with E-state index in [9.17, 15) is 9.18 Å². The molecular weight excluding hydrogens is 261 g/mol. The van der Waals surface area contributed by atoms with Crippen LogP contribution in [0, 0.1) is 17.3 Å². The van der Waals surface area contributed by atoms with Crippen LogP contribution in [0.1, 0.15) is 22.7 Å². The number of nitrogens with zero attached hydrogens (tertiary/aromatic N) is 3. The van der Waals surface area contributed by atoms with Gasteiger partial charge in [0.25, 0.3) is 5.91 Å². The third kappa shape index (κ3) is 3.42. The highest BCUT2D eigenvalue weighted by molar-refractivity contribution is 5.92. The molecule has 2 rings (SSSR count). The van der Waals surface area contributed by atoms with Gasteiger partial charge in [-0.2, -0.15) is 9.65 Å². The molecule has 0 aliphatic heterocycles. The minimum atomic E-state index is -0.714. The number of carbonyl (C=O) groups excluding carboxylic acids is 1. The lowest BCUT2D eigenvalue weighted by Crippen LogP contribution is -2.32. The Labute approximate surface area is 115 Å². The van der Waals surface area contributed by atoms with Gasteiger partial charge in [-0.05, 0) is 24.3 Å². The van der Waals surface area contributed by atoms with Crippen LogP contribution in [0.25, 0.3) is 0 Å². The molecule has 5 nitrogen and oxygen atoms in total. The minimum absolute atomic E-state index is 0.00879. The summed E-state index contributed by atoms with van der Waals surface area (Å²) in [4.78, 5) is 17.2. The van der Waals surface area contributed by atoms with Crippen molar-refractivity contribution in [2.24, 2.45) is 0 Å². The van der Waals surface area contributed by atoms with Crippen LogP contribution >= 0.6 is 0 Å². The van der Waals surface area contributed by atoms with E-state index in [2.05, 4.69) is 4.98 Å². The third-order valence-corrected chi connectivity index (χ3v) is 2.64. The summed E-state index contributed by atoms with van der Waals surface area (Å²) in [6, 6.07) is 9.44. The van der Waals surface area contributed by atoms with E-state index in [4.69, 9.17) is 9.68 Å². The number of hydrogen-bond donors (Lipinski definition) is 0. The van der Waals surface area contributed by atoms with Crippen molar-refractivity contribution in [3.8, 4) is 6.07 Å². The Morgan fingerprint density at radius 2 is 2.25 bits per heavy atom. The van der Waals surface area contributed by atoms with Crippen LogP contribution in [-0.2, 0) is 6.54 Å². The first-order valence-electron chi connectivity index (χ1n) is 6.02. The Morgan fingerprint density at radius 3 is 2.90 bits per heavy atom. The largest absolute Gasteiger partial charge is 0.467 e. The predicted octanol–water partition coefficient (Wildman–Crippen LogP) is 2.37. The summed E-state index contributed by atoms with van der Waals surface area (Å²) < 4.78 is 18.2. The van der Waals surface area contributed by atoms with E-state index in [-0.39, 0.29) is 25.2 Å². The molecule has 1 amide bonds. The Bertz CT molecular complexity index is 620. The molecule has 6 heteroatoms. The summed E-state index contributed by atoms with van der Waals surface area (Å²) in [5.41, 5.74) is 0.00879. The van der Waals surface area contributed by atoms with E-state index in [1.165, 1.54) is 29.4 Å². The maximum absolute atomic E-state index is 13.1. The lowest BCUT2D eigenvalue weighted by Gasteiger charge is -2.19. The maximum Gasteiger partial charge on any atom is 0.273 e. The van der Waals surface area contributed by atoms with Gasteiger partial charge < -0.3 is 9.32 Å². The molecule has 0 aromatic carbocycles. The van der Waals surface area contributed by atoms with Gasteiger partial charge in [0.1, 0.15) is 11.5 Å². The molecule has 20 heavy (non-hydrogen) atoms. The van der Waals surface area contributed by atoms with Gasteiger partial charge in [-0.15, -0.1) is 0 Å². The topological polar surface area (TPSA) is 70.1 Å². The lowest BCUT2D eigenvalue weighted by molar-refractivity contribution is 0.0728. The van der Waals surface area contributed by atoms with Crippen LogP contribution in [0.4, 0.5) is 4.39 Å². The number of furan rings is 1. The van der Waals surface area contributed by atoms with Gasteiger partial charge in [-0.3, -0.25) is 4.79 Å². The maximum atomic E-state index is 13.1. The quantitative estimate of drug-likeness (QED) is 0.784. The number of nitriles is 1. The van der Waals surface area contributed by atoms with Gasteiger partial charge in [-0.25, -0.2) is 4.98 Å². The lowest BCUT2D eigenvalue weighted by atomic mass is 10.2. The summed E-state index contributed by atoms with van der Waals surface area (Å²) in [5.74, 6) is -0.557. The molecule has 0 spiro atoms. The average Bonchev–Trinajstić information content (AvgIpc) is 2.95. The van der Waals surface area contributed by atoms with Gasteiger partial charge in [0.2, 0.25) is 5.95 Å². The fourth-order valence-corrected chi connectivity index (χ4v) is 1.72. The summed E-state index contributed by atoms with van der Waals surface area (Å²) in [5, 5.41) is 8.65. The molecule has 2 aromatic rings. The number of carbonyl (C=O) groups is 1. The van der Waals surface area contributed by atoms with Crippen molar-refractivity contribution in [2.75, 3.05) is 6.54 Å². The molecule has 0 N–H and O–H groups in total. The van der Waals surface area contributed by atoms with Gasteiger partial charge >= 0.3 is 0 Å². The summed E-state index contributed by atoms with van der Waals surface area (Å²) >= 11 is 0. The second-order valence-corrected chi connectivity index (χ2v) is 4.06. The molecule has 0 unspecified atom stereocenters. The van der Waals surface area contributed by atoms with Crippen molar-refractivity contribution in [2.45, 2.75) is 13.0 Å². The van der Waals surface area contributed by atoms with Crippen LogP contribution in [0.3, 0.4) is 0 Å². The predicted molar refractivity (Wildman–Crippen MR) is 67.9 cm³/mol. The molecule has 2 heterocycles. The van der Waals surface area contributed by atoms with E-state index >= 15 is 0 Å². The molecule has 2 aromatic heterocycles. The number of halogens is 1. The fraction of sp³-hybridized carbons (Fsp3) is 0.214. The molecule has 0 fully saturated rings. The molecule has 0 aliphatic rings. The Kier molecular flexibility index (Phi) is 4.45. The van der Waals surface area contributed by atoms with Crippen LogP contribution in [0.2, 0.25) is 0 Å². The fourth-order valence-electron chi connectivity index (χ4n) is 1.72. The second kappa shape index (κ2) is 6.48. The van der Waals surface area contributed by atoms with E-state index in [0.717, 1.165) is 0 Å². The van der Waals surface area contributed by atoms with Crippen molar-refractivity contribution in [3.05, 3.63) is 54.0 Å². The van der Waals surface area contributed by atoms with E-state index < -0.39 is 11.9 Å². The standard InChI is InChI=1S/C14H12FN3O2/c15-13-6-1-5-12(17-13)14(19)18(8-3-7-16)10-11-4-2-9-20-11/h1-2,4-6,9H,3,8,10H2. The van der Waals surface area contributed by atoms with Crippen LogP contribution in [0.15, 0.2) is 41.0 Å². The molecule has 0 saturated carbocycles. The van der Waals surface area contributed by atoms with Crippen LogP contribution in [-0.4, -0.2) is 22.3 Å². The zero-order valence-corrected chi connectivity index (χ0v) is 10.6. The van der Waals surface area contributed by atoms with Gasteiger partial charge in [-0.1, -0.05) is 6.07 Å². The highest BCUT2D eigenvalue weighted by Crippen LogP contribution is 2.10. The number of amides is 1. The monoisotopic (exact) mass is 273 g/mol. The zero-order valence-electron chi connectivity index (χ0n) is 10.6.